The van der Waals surface area contributed by atoms with Gasteiger partial charge in [-0.15, -0.1) is 0 Å². The van der Waals surface area contributed by atoms with E-state index in [0.717, 1.165) is 6.07 Å². The fourth-order valence-corrected chi connectivity index (χ4v) is 2.21. The number of hydrogen-bond acceptors (Lipinski definition) is 4. The molecule has 1 aliphatic heterocycles. The third-order valence-electron chi connectivity index (χ3n) is 3.23. The van der Waals surface area contributed by atoms with E-state index in [2.05, 4.69) is 0 Å². The Morgan fingerprint density at radius 2 is 1.95 bits per heavy atom. The second kappa shape index (κ2) is 5.30. The van der Waals surface area contributed by atoms with Crippen LogP contribution in [0.25, 0.3) is 0 Å². The van der Waals surface area contributed by atoms with Gasteiger partial charge in [0, 0.05) is 25.5 Å². The first-order valence-electron chi connectivity index (χ1n) is 5.96. The molecule has 1 aromatic carbocycles. The van der Waals surface area contributed by atoms with Gasteiger partial charge in [-0.05, 0) is 18.2 Å². The summed E-state index contributed by atoms with van der Waals surface area (Å²) < 4.78 is 0. The molecule has 1 heterocycles. The van der Waals surface area contributed by atoms with E-state index in [1.807, 2.05) is 0 Å². The van der Waals surface area contributed by atoms with Crippen LogP contribution in [0, 0.1) is 5.92 Å². The Morgan fingerprint density at radius 1 is 1.25 bits per heavy atom. The van der Waals surface area contributed by atoms with Gasteiger partial charge in [0.1, 0.15) is 0 Å². The van der Waals surface area contributed by atoms with Crippen LogP contribution >= 0.6 is 0 Å². The quantitative estimate of drug-likeness (QED) is 0.736. The molecule has 1 amide bonds. The number of carboxylic acid groups (broad SMARTS) is 2. The molecule has 1 aromatic rings. The van der Waals surface area contributed by atoms with Gasteiger partial charge in [0.2, 0.25) is 5.91 Å². The Bertz CT molecular complexity index is 582. The van der Waals surface area contributed by atoms with Crippen LogP contribution in [0.4, 0.5) is 5.69 Å². The molecule has 7 nitrogen and oxygen atoms in total. The van der Waals surface area contributed by atoms with Crippen molar-refractivity contribution in [2.45, 2.75) is 6.42 Å². The molecule has 1 atom stereocenters. The van der Waals surface area contributed by atoms with Crippen LogP contribution in [-0.4, -0.2) is 46.3 Å². The minimum atomic E-state index is -1.30. The molecule has 0 saturated carbocycles. The van der Waals surface area contributed by atoms with Crippen molar-refractivity contribution in [3.05, 3.63) is 29.3 Å². The maximum Gasteiger partial charge on any atom is 0.337 e. The lowest BCUT2D eigenvalue weighted by molar-refractivity contribution is -0.117. The van der Waals surface area contributed by atoms with E-state index >= 15 is 0 Å². The maximum atomic E-state index is 11.8. The first kappa shape index (κ1) is 14.0. The lowest BCUT2D eigenvalue weighted by Crippen LogP contribution is -2.27. The van der Waals surface area contributed by atoms with E-state index in [1.54, 1.807) is 0 Å². The van der Waals surface area contributed by atoms with E-state index in [4.69, 9.17) is 15.3 Å². The molecular formula is C13H13NO6. The van der Waals surface area contributed by atoms with E-state index in [9.17, 15) is 14.4 Å². The summed E-state index contributed by atoms with van der Waals surface area (Å²) in [5.74, 6) is -3.05. The zero-order valence-corrected chi connectivity index (χ0v) is 10.4. The topological polar surface area (TPSA) is 115 Å². The molecule has 20 heavy (non-hydrogen) atoms. The van der Waals surface area contributed by atoms with Gasteiger partial charge < -0.3 is 20.2 Å². The number of carbonyl (C=O) groups excluding carboxylic acids is 1. The van der Waals surface area contributed by atoms with Gasteiger partial charge in [-0.1, -0.05) is 0 Å². The van der Waals surface area contributed by atoms with Crippen LogP contribution in [-0.2, 0) is 4.79 Å². The van der Waals surface area contributed by atoms with Gasteiger partial charge in [0.05, 0.1) is 16.8 Å². The average molecular weight is 279 g/mol. The minimum absolute atomic E-state index is 0.149. The highest BCUT2D eigenvalue weighted by Crippen LogP contribution is 2.29. The van der Waals surface area contributed by atoms with Crippen molar-refractivity contribution in [2.24, 2.45) is 5.92 Å². The van der Waals surface area contributed by atoms with Crippen LogP contribution in [0.2, 0.25) is 0 Å². The number of nitrogens with zero attached hydrogens (tertiary/aromatic N) is 1. The highest BCUT2D eigenvalue weighted by Gasteiger charge is 2.32. The molecule has 106 valence electrons. The van der Waals surface area contributed by atoms with E-state index < -0.39 is 11.9 Å². The summed E-state index contributed by atoms with van der Waals surface area (Å²) in [4.78, 5) is 35.2. The normalized spacial score (nSPS) is 18.4. The Hall–Kier alpha value is -2.41. The molecule has 2 rings (SSSR count). The number of aromatic carboxylic acids is 2. The van der Waals surface area contributed by atoms with Crippen LogP contribution in [0.1, 0.15) is 27.1 Å². The van der Waals surface area contributed by atoms with E-state index in [1.165, 1.54) is 17.0 Å². The Balaban J connectivity index is 2.44. The van der Waals surface area contributed by atoms with Gasteiger partial charge in [-0.25, -0.2) is 9.59 Å². The maximum absolute atomic E-state index is 11.8. The molecule has 0 radical (unpaired) electrons. The number of anilines is 1. The molecule has 0 aliphatic carbocycles. The molecule has 0 bridgehead atoms. The van der Waals surface area contributed by atoms with Crippen LogP contribution in [0.5, 0.6) is 0 Å². The van der Waals surface area contributed by atoms with Gasteiger partial charge in [0.15, 0.2) is 0 Å². The highest BCUT2D eigenvalue weighted by molar-refractivity contribution is 6.04. The third-order valence-corrected chi connectivity index (χ3v) is 3.23. The summed E-state index contributed by atoms with van der Waals surface area (Å²) in [7, 11) is 0. The van der Waals surface area contributed by atoms with E-state index in [-0.39, 0.29) is 48.2 Å². The molecular weight excluding hydrogens is 266 g/mol. The van der Waals surface area contributed by atoms with Crippen molar-refractivity contribution < 1.29 is 29.7 Å². The Kier molecular flexibility index (Phi) is 3.71. The number of carboxylic acids is 2. The summed E-state index contributed by atoms with van der Waals surface area (Å²) in [6.45, 7) is 0.0693. The van der Waals surface area contributed by atoms with Gasteiger partial charge >= 0.3 is 11.9 Å². The second-order valence-electron chi connectivity index (χ2n) is 4.60. The van der Waals surface area contributed by atoms with Gasteiger partial charge in [0.25, 0.3) is 0 Å². The molecule has 0 spiro atoms. The summed E-state index contributed by atoms with van der Waals surface area (Å²) in [6, 6.07) is 3.59. The Morgan fingerprint density at radius 3 is 2.45 bits per heavy atom. The minimum Gasteiger partial charge on any atom is -0.478 e. The number of aliphatic hydroxyl groups excluding tert-OH is 1. The predicted octanol–water partition coefficient (Wildman–Crippen LogP) is 0.428. The molecule has 7 heteroatoms. The van der Waals surface area contributed by atoms with Crippen molar-refractivity contribution in [3.63, 3.8) is 0 Å². The molecule has 1 fully saturated rings. The average Bonchev–Trinajstić information content (AvgIpc) is 2.79. The first-order chi connectivity index (χ1) is 9.43. The summed E-state index contributed by atoms with van der Waals surface area (Å²) in [5, 5.41) is 27.1. The monoisotopic (exact) mass is 279 g/mol. The zero-order chi connectivity index (χ0) is 14.9. The van der Waals surface area contributed by atoms with E-state index in [0.29, 0.717) is 0 Å². The molecule has 3 N–H and O–H groups in total. The second-order valence-corrected chi connectivity index (χ2v) is 4.60. The van der Waals surface area contributed by atoms with Crippen LogP contribution in [0.3, 0.4) is 0 Å². The molecule has 1 aliphatic rings. The fourth-order valence-electron chi connectivity index (χ4n) is 2.21. The molecule has 1 saturated heterocycles. The molecule has 1 unspecified atom stereocenters. The highest BCUT2D eigenvalue weighted by atomic mass is 16.4. The zero-order valence-electron chi connectivity index (χ0n) is 10.4. The largest absolute Gasteiger partial charge is 0.478 e. The van der Waals surface area contributed by atoms with Crippen molar-refractivity contribution in [1.82, 2.24) is 0 Å². The number of hydrogen-bond donors (Lipinski definition) is 3. The number of rotatable bonds is 4. The number of aliphatic hydroxyl groups is 1. The van der Waals surface area contributed by atoms with Crippen LogP contribution in [0.15, 0.2) is 18.2 Å². The standard InChI is InChI=1S/C13H13NO6/c15-6-7-3-11(16)14(5-7)10-2-1-8(12(17)18)4-9(10)13(19)20/h1-2,4,7,15H,3,5-6H2,(H,17,18)(H,19,20). The first-order valence-corrected chi connectivity index (χ1v) is 5.96. The predicted molar refractivity (Wildman–Crippen MR) is 67.9 cm³/mol. The Labute approximate surface area is 114 Å². The number of benzene rings is 1. The summed E-state index contributed by atoms with van der Waals surface area (Å²) in [5.41, 5.74) is -0.239. The lowest BCUT2D eigenvalue weighted by atomic mass is 10.1. The lowest BCUT2D eigenvalue weighted by Gasteiger charge is -2.19. The smallest absolute Gasteiger partial charge is 0.337 e. The van der Waals surface area contributed by atoms with Crippen LogP contribution < -0.4 is 4.90 Å². The van der Waals surface area contributed by atoms with Gasteiger partial charge in [-0.2, -0.15) is 0 Å². The summed E-state index contributed by atoms with van der Waals surface area (Å²) >= 11 is 0. The third kappa shape index (κ3) is 2.48. The van der Waals surface area contributed by atoms with Crippen molar-refractivity contribution in [3.8, 4) is 0 Å². The number of carbonyl (C=O) groups is 3. The fraction of sp³-hybridized carbons (Fsp3) is 0.308. The number of amides is 1. The van der Waals surface area contributed by atoms with Gasteiger partial charge in [-0.3, -0.25) is 4.79 Å². The van der Waals surface area contributed by atoms with Crippen molar-refractivity contribution in [2.75, 3.05) is 18.1 Å². The van der Waals surface area contributed by atoms with Crippen molar-refractivity contribution in [1.29, 1.82) is 0 Å². The summed E-state index contributed by atoms with van der Waals surface area (Å²) in [6.07, 6.45) is 0.149. The SMILES string of the molecule is O=C(O)c1ccc(N2CC(CO)CC2=O)c(C(=O)O)c1. The van der Waals surface area contributed by atoms with Crippen molar-refractivity contribution >= 4 is 23.5 Å². The molecule has 0 aromatic heterocycles.